The van der Waals surface area contributed by atoms with E-state index in [0.717, 1.165) is 44.9 Å². The van der Waals surface area contributed by atoms with E-state index in [1.807, 2.05) is 0 Å². The Morgan fingerprint density at radius 3 is 2.36 bits per heavy atom. The van der Waals surface area contributed by atoms with E-state index in [1.165, 1.54) is 0 Å². The average Bonchev–Trinajstić information content (AvgIpc) is 2.95. The van der Waals surface area contributed by atoms with Crippen LogP contribution in [0.25, 0.3) is 0 Å². The summed E-state index contributed by atoms with van der Waals surface area (Å²) in [6.45, 7) is 16.7. The Hall–Kier alpha value is -1.12. The van der Waals surface area contributed by atoms with Gasteiger partial charge in [0.1, 0.15) is 11.4 Å². The van der Waals surface area contributed by atoms with E-state index in [-0.39, 0.29) is 33.0 Å². The molecule has 0 aromatic heterocycles. The lowest BCUT2D eigenvalue weighted by atomic mass is 9.32. The van der Waals surface area contributed by atoms with Crippen molar-refractivity contribution in [3.8, 4) is 0 Å². The topological polar surface area (TPSA) is 43.4 Å². The van der Waals surface area contributed by atoms with Crippen LogP contribution in [0.2, 0.25) is 0 Å². The Morgan fingerprint density at radius 2 is 1.64 bits per heavy atom. The molecule has 5 fully saturated rings. The van der Waals surface area contributed by atoms with Crippen molar-refractivity contribution in [3.63, 3.8) is 0 Å². The van der Waals surface area contributed by atoms with Gasteiger partial charge in [0.15, 0.2) is 0 Å². The second-order valence-corrected chi connectivity index (χ2v) is 14.5. The number of carbonyl (C=O) groups excluding carboxylic acids is 2. The quantitative estimate of drug-likeness (QED) is 0.302. The summed E-state index contributed by atoms with van der Waals surface area (Å²) in [6.07, 6.45) is 13.1. The number of hydrogen-bond donors (Lipinski definition) is 0. The van der Waals surface area contributed by atoms with Gasteiger partial charge < -0.3 is 4.74 Å². The average molecular weight is 453 g/mol. The molecule has 33 heavy (non-hydrogen) atoms. The predicted octanol–water partition coefficient (Wildman–Crippen LogP) is 6.75. The van der Waals surface area contributed by atoms with Gasteiger partial charge in [0.05, 0.1) is 5.41 Å². The summed E-state index contributed by atoms with van der Waals surface area (Å²) in [6, 6.07) is 0. The molecule has 1 saturated heterocycles. The molecule has 1 heterocycles. The number of hydrogen-bond acceptors (Lipinski definition) is 3. The maximum absolute atomic E-state index is 13.6. The second kappa shape index (κ2) is 6.16. The molecule has 0 unspecified atom stereocenters. The fraction of sp³-hybridized carbons (Fsp3) is 0.867. The summed E-state index contributed by atoms with van der Waals surface area (Å²) < 4.78 is 6.70. The highest BCUT2D eigenvalue weighted by atomic mass is 16.6. The normalized spacial score (nSPS) is 58.6. The number of allylic oxidation sites excluding steroid dienone is 1. The van der Waals surface area contributed by atoms with Crippen molar-refractivity contribution in [2.45, 2.75) is 105 Å². The Kier molecular flexibility index (Phi) is 4.17. The first kappa shape index (κ1) is 22.4. The van der Waals surface area contributed by atoms with Gasteiger partial charge >= 0.3 is 5.97 Å². The molecule has 0 radical (unpaired) electrons. The Balaban J connectivity index is 1.52. The smallest absolute Gasteiger partial charge is 0.313 e. The molecule has 2 bridgehead atoms. The van der Waals surface area contributed by atoms with Gasteiger partial charge in [-0.25, -0.2) is 0 Å². The molecular formula is C30H44O3. The minimum atomic E-state index is -0.467. The highest BCUT2D eigenvalue weighted by molar-refractivity contribution is 5.85. The summed E-state index contributed by atoms with van der Waals surface area (Å²) in [5, 5.41) is 0. The van der Waals surface area contributed by atoms with Crippen molar-refractivity contribution in [3.05, 3.63) is 12.2 Å². The van der Waals surface area contributed by atoms with Crippen LogP contribution in [0.15, 0.2) is 12.2 Å². The van der Waals surface area contributed by atoms with Gasteiger partial charge in [-0.1, -0.05) is 54.5 Å². The number of rotatable bonds is 0. The molecule has 0 aromatic carbocycles. The Bertz CT molecular complexity index is 964. The van der Waals surface area contributed by atoms with E-state index in [2.05, 4.69) is 60.6 Å². The standard InChI is InChI=1S/C30H44O3/c1-18-8-14-29-17-16-28(7)27(6)13-9-20-25(3,4)22(31)11-12-26(20,5)21(27)10-15-30(28,33-24(29)32)23(29)19(18)2/h10,15,18-21,23H,8-9,11-14,16-17H2,1-7H3/t18-,19+,20+,21+,23-,26+,27-,28-,29+,30+/m1/s1. The van der Waals surface area contributed by atoms with Gasteiger partial charge in [0.2, 0.25) is 0 Å². The summed E-state index contributed by atoms with van der Waals surface area (Å²) in [7, 11) is 0. The van der Waals surface area contributed by atoms with Gasteiger partial charge in [-0.15, -0.1) is 0 Å². The van der Waals surface area contributed by atoms with Gasteiger partial charge in [0, 0.05) is 23.2 Å². The lowest BCUT2D eigenvalue weighted by Crippen LogP contribution is -2.70. The minimum absolute atomic E-state index is 0.0648. The van der Waals surface area contributed by atoms with E-state index in [0.29, 0.717) is 41.8 Å². The molecule has 3 heteroatoms. The van der Waals surface area contributed by atoms with Crippen LogP contribution in [0.4, 0.5) is 0 Å². The number of Topliss-reactive ketones (excluding diaryl/α,β-unsaturated/α-hetero) is 1. The van der Waals surface area contributed by atoms with Crippen LogP contribution in [0.5, 0.6) is 0 Å². The molecule has 4 saturated carbocycles. The number of fused-ring (bicyclic) bond motifs is 4. The van der Waals surface area contributed by atoms with Crippen LogP contribution in [-0.4, -0.2) is 17.4 Å². The highest BCUT2D eigenvalue weighted by Gasteiger charge is 2.80. The monoisotopic (exact) mass is 452 g/mol. The third-order valence-electron chi connectivity index (χ3n) is 13.6. The van der Waals surface area contributed by atoms with Crippen molar-refractivity contribution in [1.82, 2.24) is 0 Å². The maximum atomic E-state index is 13.6. The number of carbonyl (C=O) groups is 2. The Labute approximate surface area is 200 Å². The molecule has 3 nitrogen and oxygen atoms in total. The van der Waals surface area contributed by atoms with E-state index < -0.39 is 5.60 Å². The molecule has 6 aliphatic rings. The highest BCUT2D eigenvalue weighted by Crippen LogP contribution is 2.79. The van der Waals surface area contributed by atoms with Crippen molar-refractivity contribution in [2.75, 3.05) is 0 Å². The summed E-state index contributed by atoms with van der Waals surface area (Å²) in [4.78, 5) is 26.6. The summed E-state index contributed by atoms with van der Waals surface area (Å²) in [5.74, 6) is 2.83. The fourth-order valence-electron chi connectivity index (χ4n) is 11.2. The van der Waals surface area contributed by atoms with Crippen LogP contribution in [-0.2, 0) is 14.3 Å². The number of ketones is 1. The van der Waals surface area contributed by atoms with Crippen molar-refractivity contribution in [1.29, 1.82) is 0 Å². The molecule has 0 aromatic rings. The van der Waals surface area contributed by atoms with Crippen LogP contribution >= 0.6 is 0 Å². The largest absolute Gasteiger partial charge is 0.453 e. The molecule has 6 rings (SSSR count). The number of ether oxygens (including phenoxy) is 1. The zero-order valence-corrected chi connectivity index (χ0v) is 21.9. The third kappa shape index (κ3) is 2.17. The van der Waals surface area contributed by atoms with E-state index >= 15 is 0 Å². The van der Waals surface area contributed by atoms with E-state index in [1.54, 1.807) is 0 Å². The van der Waals surface area contributed by atoms with E-state index in [4.69, 9.17) is 4.74 Å². The van der Waals surface area contributed by atoms with Gasteiger partial charge in [0.25, 0.3) is 0 Å². The minimum Gasteiger partial charge on any atom is -0.453 e. The van der Waals surface area contributed by atoms with Crippen molar-refractivity contribution in [2.24, 2.45) is 56.7 Å². The molecule has 1 aliphatic heterocycles. The van der Waals surface area contributed by atoms with Crippen molar-refractivity contribution >= 4 is 11.8 Å². The molecule has 10 atom stereocenters. The molecule has 0 N–H and O–H groups in total. The van der Waals surface area contributed by atoms with Gasteiger partial charge in [-0.2, -0.15) is 0 Å². The Morgan fingerprint density at radius 1 is 0.909 bits per heavy atom. The first-order valence-corrected chi connectivity index (χ1v) is 13.8. The molecular weight excluding hydrogens is 408 g/mol. The van der Waals surface area contributed by atoms with Gasteiger partial charge in [-0.05, 0) is 85.5 Å². The first-order valence-electron chi connectivity index (χ1n) is 13.8. The molecule has 182 valence electrons. The third-order valence-corrected chi connectivity index (χ3v) is 13.6. The zero-order chi connectivity index (χ0) is 23.8. The zero-order valence-electron chi connectivity index (χ0n) is 21.9. The summed E-state index contributed by atoms with van der Waals surface area (Å²) in [5.41, 5.74) is -0.850. The first-order chi connectivity index (χ1) is 15.3. The van der Waals surface area contributed by atoms with Crippen LogP contribution in [0, 0.1) is 56.7 Å². The molecule has 5 aliphatic carbocycles. The lowest BCUT2D eigenvalue weighted by Gasteiger charge is -2.71. The van der Waals surface area contributed by atoms with Crippen LogP contribution in [0.1, 0.15) is 99.8 Å². The maximum Gasteiger partial charge on any atom is 0.313 e. The fourth-order valence-corrected chi connectivity index (χ4v) is 11.2. The van der Waals surface area contributed by atoms with Crippen molar-refractivity contribution < 1.29 is 14.3 Å². The van der Waals surface area contributed by atoms with Crippen LogP contribution < -0.4 is 0 Å². The molecule has 0 amide bonds. The van der Waals surface area contributed by atoms with Crippen LogP contribution in [0.3, 0.4) is 0 Å². The van der Waals surface area contributed by atoms with E-state index in [9.17, 15) is 9.59 Å². The number of esters is 1. The van der Waals surface area contributed by atoms with Gasteiger partial charge in [-0.3, -0.25) is 9.59 Å². The molecule has 1 spiro atoms. The lowest BCUT2D eigenvalue weighted by molar-refractivity contribution is -0.235. The predicted molar refractivity (Wildman–Crippen MR) is 129 cm³/mol. The summed E-state index contributed by atoms with van der Waals surface area (Å²) >= 11 is 0. The SMILES string of the molecule is C[C@H]1[C@H](C)CC[C@@]23CC[C@@]4(C)[C@@](C=C[C@H]5[C@@]6(C)CCC(=O)C(C)(C)[C@@H]6CC[C@]54C)(OC2=O)[C@H]13. The second-order valence-electron chi connectivity index (χ2n) is 14.5.